The van der Waals surface area contributed by atoms with Crippen LogP contribution in [-0.4, -0.2) is 58.9 Å². The summed E-state index contributed by atoms with van der Waals surface area (Å²) in [6.07, 6.45) is 7.73. The normalized spacial score (nSPS) is 29.0. The fourth-order valence-corrected chi connectivity index (χ4v) is 10.5. The Bertz CT molecular complexity index is 1230. The van der Waals surface area contributed by atoms with Gasteiger partial charge >= 0.3 is 0 Å². The SMILES string of the molecule is CC1(C)[C@H]2CC[C@@]1(CS(=O)(=O)Nc1cc(S(=O)(=O)N3CCCCC3)ccc1N1CCCCC1)C(=O)C2. The number of ketones is 1. The zero-order valence-corrected chi connectivity index (χ0v) is 23.1. The third-order valence-corrected chi connectivity index (χ3v) is 12.8. The first-order chi connectivity index (χ1) is 17.0. The van der Waals surface area contributed by atoms with Crippen molar-refractivity contribution in [3.8, 4) is 0 Å². The quantitative estimate of drug-likeness (QED) is 0.564. The van der Waals surface area contributed by atoms with Crippen LogP contribution in [0, 0.1) is 16.7 Å². The van der Waals surface area contributed by atoms with Crippen LogP contribution < -0.4 is 9.62 Å². The zero-order valence-electron chi connectivity index (χ0n) is 21.5. The fraction of sp³-hybridized carbons (Fsp3) is 0.731. The van der Waals surface area contributed by atoms with E-state index in [1.165, 1.54) is 10.4 Å². The number of nitrogens with zero attached hydrogens (tertiary/aromatic N) is 2. The third kappa shape index (κ3) is 4.36. The highest BCUT2D eigenvalue weighted by molar-refractivity contribution is 7.92. The standard InChI is InChI=1S/C26H39N3O5S2/c1-25(2)20-11-12-26(25,24(30)17-20)19-35(31,32)27-22-18-21(36(33,34)29-15-7-4-8-16-29)9-10-23(22)28-13-5-3-6-14-28/h9-10,18,20,27H,3-8,11-17,19H2,1-2H3/t20-,26+/m0/s1. The van der Waals surface area contributed by atoms with Crippen molar-refractivity contribution in [1.82, 2.24) is 4.31 Å². The summed E-state index contributed by atoms with van der Waals surface area (Å²) in [5.74, 6) is 0.0131. The molecule has 2 aliphatic carbocycles. The number of piperidine rings is 2. The lowest BCUT2D eigenvalue weighted by atomic mass is 9.70. The Morgan fingerprint density at radius 1 is 0.944 bits per heavy atom. The Morgan fingerprint density at radius 3 is 2.17 bits per heavy atom. The van der Waals surface area contributed by atoms with Gasteiger partial charge in [-0.3, -0.25) is 9.52 Å². The Hall–Kier alpha value is -1.65. The molecule has 1 aromatic carbocycles. The minimum atomic E-state index is -3.92. The highest BCUT2D eigenvalue weighted by Gasteiger charge is 2.65. The Morgan fingerprint density at radius 2 is 1.58 bits per heavy atom. The number of fused-ring (bicyclic) bond motifs is 2. The van der Waals surface area contributed by atoms with Crippen LogP contribution in [0.3, 0.4) is 0 Å². The number of benzene rings is 1. The van der Waals surface area contributed by atoms with Gasteiger partial charge in [0.15, 0.2) is 0 Å². The van der Waals surface area contributed by atoms with E-state index in [0.29, 0.717) is 37.3 Å². The first kappa shape index (κ1) is 26.0. The van der Waals surface area contributed by atoms with E-state index in [1.54, 1.807) is 12.1 Å². The fourth-order valence-electron chi connectivity index (χ4n) is 7.06. The van der Waals surface area contributed by atoms with Gasteiger partial charge in [-0.1, -0.05) is 20.3 Å². The summed E-state index contributed by atoms with van der Waals surface area (Å²) in [6.45, 7) is 6.61. The van der Waals surface area contributed by atoms with Crippen molar-refractivity contribution in [2.24, 2.45) is 16.7 Å². The van der Waals surface area contributed by atoms with E-state index < -0.39 is 25.5 Å². The average Bonchev–Trinajstić information content (AvgIpc) is 3.19. The molecular formula is C26H39N3O5S2. The average molecular weight is 538 g/mol. The molecular weight excluding hydrogens is 498 g/mol. The molecule has 5 rings (SSSR count). The lowest BCUT2D eigenvalue weighted by Gasteiger charge is -2.36. The third-order valence-electron chi connectivity index (χ3n) is 9.46. The molecule has 0 unspecified atom stereocenters. The van der Waals surface area contributed by atoms with E-state index >= 15 is 0 Å². The second-order valence-electron chi connectivity index (χ2n) is 11.7. The molecule has 1 N–H and O–H groups in total. The van der Waals surface area contributed by atoms with Gasteiger partial charge in [0, 0.05) is 32.6 Å². The van der Waals surface area contributed by atoms with E-state index in [1.807, 2.05) is 13.8 Å². The number of sulfonamides is 2. The van der Waals surface area contributed by atoms with Crippen molar-refractivity contribution >= 4 is 37.2 Å². The second kappa shape index (κ2) is 9.27. The molecule has 1 aromatic rings. The predicted molar refractivity (Wildman–Crippen MR) is 141 cm³/mol. The van der Waals surface area contributed by atoms with Crippen LogP contribution in [0.4, 0.5) is 11.4 Å². The van der Waals surface area contributed by atoms with Crippen LogP contribution in [0.1, 0.15) is 71.6 Å². The van der Waals surface area contributed by atoms with Gasteiger partial charge in [-0.2, -0.15) is 4.31 Å². The summed E-state index contributed by atoms with van der Waals surface area (Å²) in [7, 11) is -7.64. The van der Waals surface area contributed by atoms with Gasteiger partial charge in [0.25, 0.3) is 0 Å². The monoisotopic (exact) mass is 537 g/mol. The summed E-state index contributed by atoms with van der Waals surface area (Å²) in [4.78, 5) is 15.2. The van der Waals surface area contributed by atoms with E-state index in [2.05, 4.69) is 9.62 Å². The molecule has 10 heteroatoms. The maximum atomic E-state index is 13.6. The number of carbonyl (C=O) groups is 1. The summed E-state index contributed by atoms with van der Waals surface area (Å²) in [5.41, 5.74) is -0.251. The highest BCUT2D eigenvalue weighted by atomic mass is 32.2. The van der Waals surface area contributed by atoms with Crippen LogP contribution in [0.2, 0.25) is 0 Å². The van der Waals surface area contributed by atoms with Gasteiger partial charge in [0.1, 0.15) is 5.78 Å². The summed E-state index contributed by atoms with van der Waals surface area (Å²) in [5, 5.41) is 0. The van der Waals surface area contributed by atoms with Gasteiger partial charge in [0.2, 0.25) is 20.0 Å². The van der Waals surface area contributed by atoms with Crippen molar-refractivity contribution in [1.29, 1.82) is 0 Å². The first-order valence-corrected chi connectivity index (χ1v) is 16.5. The van der Waals surface area contributed by atoms with Gasteiger partial charge in [-0.15, -0.1) is 0 Å². The molecule has 36 heavy (non-hydrogen) atoms. The number of hydrogen-bond donors (Lipinski definition) is 1. The molecule has 2 heterocycles. The molecule has 0 aromatic heterocycles. The van der Waals surface area contributed by atoms with Crippen molar-refractivity contribution < 1.29 is 21.6 Å². The number of hydrogen-bond acceptors (Lipinski definition) is 6. The van der Waals surface area contributed by atoms with E-state index in [4.69, 9.17) is 0 Å². The molecule has 2 bridgehead atoms. The molecule has 0 radical (unpaired) electrons. The van der Waals surface area contributed by atoms with Crippen molar-refractivity contribution in [3.05, 3.63) is 18.2 Å². The minimum absolute atomic E-state index is 0.0480. The van der Waals surface area contributed by atoms with Gasteiger partial charge in [-0.05, 0) is 74.5 Å². The molecule has 2 aliphatic heterocycles. The molecule has 2 saturated carbocycles. The Labute approximate surface area is 215 Å². The number of nitrogens with one attached hydrogen (secondary N) is 1. The second-order valence-corrected chi connectivity index (χ2v) is 15.4. The van der Waals surface area contributed by atoms with Crippen LogP contribution >= 0.6 is 0 Å². The topological polar surface area (TPSA) is 104 Å². The molecule has 0 amide bonds. The zero-order chi connectivity index (χ0) is 25.8. The minimum Gasteiger partial charge on any atom is -0.370 e. The lowest BCUT2D eigenvalue weighted by Crippen LogP contribution is -2.43. The molecule has 4 aliphatic rings. The van der Waals surface area contributed by atoms with Crippen molar-refractivity contribution in [2.75, 3.05) is 41.6 Å². The lowest BCUT2D eigenvalue weighted by molar-refractivity contribution is -0.128. The molecule has 2 saturated heterocycles. The van der Waals surface area contributed by atoms with Crippen LogP contribution in [-0.2, 0) is 24.8 Å². The van der Waals surface area contributed by atoms with Crippen LogP contribution in [0.5, 0.6) is 0 Å². The summed E-state index contributed by atoms with van der Waals surface area (Å²) in [6, 6.07) is 4.84. The van der Waals surface area contributed by atoms with Gasteiger partial charge < -0.3 is 4.90 Å². The first-order valence-electron chi connectivity index (χ1n) is 13.4. The van der Waals surface area contributed by atoms with Gasteiger partial charge in [0.05, 0.1) is 27.4 Å². The summed E-state index contributed by atoms with van der Waals surface area (Å²) < 4.78 is 58.3. The van der Waals surface area contributed by atoms with E-state index in [9.17, 15) is 21.6 Å². The molecule has 200 valence electrons. The molecule has 0 spiro atoms. The number of Topliss-reactive ketones (excluding diaryl/α,β-unsaturated/α-hetero) is 1. The number of anilines is 2. The smallest absolute Gasteiger partial charge is 0.243 e. The number of carbonyl (C=O) groups excluding carboxylic acids is 1. The maximum Gasteiger partial charge on any atom is 0.243 e. The number of rotatable bonds is 7. The Kier molecular flexibility index (Phi) is 6.69. The van der Waals surface area contributed by atoms with Gasteiger partial charge in [-0.25, -0.2) is 16.8 Å². The molecule has 4 fully saturated rings. The maximum absolute atomic E-state index is 13.6. The Balaban J connectivity index is 1.49. The molecule has 2 atom stereocenters. The van der Waals surface area contributed by atoms with Crippen LogP contribution in [0.15, 0.2) is 23.1 Å². The van der Waals surface area contributed by atoms with Crippen molar-refractivity contribution in [2.45, 2.75) is 76.5 Å². The summed E-state index contributed by atoms with van der Waals surface area (Å²) >= 11 is 0. The van der Waals surface area contributed by atoms with Crippen LogP contribution in [0.25, 0.3) is 0 Å². The highest BCUT2D eigenvalue weighted by Crippen LogP contribution is 2.64. The predicted octanol–water partition coefficient (Wildman–Crippen LogP) is 3.99. The van der Waals surface area contributed by atoms with E-state index in [0.717, 1.165) is 58.0 Å². The molecule has 8 nitrogen and oxygen atoms in total. The largest absolute Gasteiger partial charge is 0.370 e. The van der Waals surface area contributed by atoms with E-state index in [-0.39, 0.29) is 27.8 Å². The van der Waals surface area contributed by atoms with Crippen molar-refractivity contribution in [3.63, 3.8) is 0 Å².